The Kier molecular flexibility index (Phi) is 3.15. The Balaban J connectivity index is 2.73. The van der Waals surface area contributed by atoms with Gasteiger partial charge in [-0.05, 0) is 36.8 Å². The number of ether oxygens (including phenoxy) is 1. The van der Waals surface area contributed by atoms with Crippen molar-refractivity contribution in [3.8, 4) is 0 Å². The van der Waals surface area contributed by atoms with E-state index in [1.807, 2.05) is 6.08 Å². The summed E-state index contributed by atoms with van der Waals surface area (Å²) in [7, 11) is 1.69. The molecule has 0 heterocycles. The van der Waals surface area contributed by atoms with E-state index >= 15 is 0 Å². The van der Waals surface area contributed by atoms with Crippen LogP contribution in [0.4, 0.5) is 0 Å². The molecule has 0 aliphatic heterocycles. The summed E-state index contributed by atoms with van der Waals surface area (Å²) < 4.78 is 5.21. The number of methoxy groups -OCH3 is 1. The van der Waals surface area contributed by atoms with E-state index in [1.54, 1.807) is 7.11 Å². The molecule has 0 aromatic carbocycles. The van der Waals surface area contributed by atoms with Crippen molar-refractivity contribution in [2.75, 3.05) is 13.7 Å². The number of aliphatic hydroxyl groups excluding tert-OH is 1. The molecule has 0 amide bonds. The maximum atomic E-state index is 8.91. The molecule has 2 nitrogen and oxygen atoms in total. The molecule has 0 aromatic heterocycles. The third-order valence-electron chi connectivity index (χ3n) is 2.63. The zero-order valence-corrected chi connectivity index (χ0v) is 8.63. The molecule has 0 spiro atoms. The summed E-state index contributed by atoms with van der Waals surface area (Å²) in [5, 5.41) is 8.91. The van der Waals surface area contributed by atoms with Crippen molar-refractivity contribution >= 4 is 0 Å². The molecule has 1 unspecified atom stereocenters. The van der Waals surface area contributed by atoms with Crippen LogP contribution in [0.1, 0.15) is 26.7 Å². The predicted molar refractivity (Wildman–Crippen MR) is 53.3 cm³/mol. The highest BCUT2D eigenvalue weighted by Crippen LogP contribution is 2.36. The average molecular weight is 182 g/mol. The Morgan fingerprint density at radius 3 is 2.77 bits per heavy atom. The Morgan fingerprint density at radius 1 is 1.62 bits per heavy atom. The lowest BCUT2D eigenvalue weighted by atomic mass is 9.78. The highest BCUT2D eigenvalue weighted by molar-refractivity contribution is 5.27. The monoisotopic (exact) mass is 182 g/mol. The van der Waals surface area contributed by atoms with E-state index in [1.165, 1.54) is 5.57 Å². The number of allylic oxidation sites excluding steroid dienone is 3. The largest absolute Gasteiger partial charge is 0.497 e. The molecule has 1 rings (SSSR count). The molecule has 1 atom stereocenters. The van der Waals surface area contributed by atoms with Gasteiger partial charge in [0, 0.05) is 6.61 Å². The van der Waals surface area contributed by atoms with Gasteiger partial charge in [-0.1, -0.05) is 13.0 Å². The molecular weight excluding hydrogens is 164 g/mol. The minimum atomic E-state index is 0.112. The molecule has 0 saturated heterocycles. The van der Waals surface area contributed by atoms with Gasteiger partial charge in [0.25, 0.3) is 0 Å². The maximum absolute atomic E-state index is 8.91. The van der Waals surface area contributed by atoms with Crippen molar-refractivity contribution in [1.82, 2.24) is 0 Å². The van der Waals surface area contributed by atoms with Gasteiger partial charge >= 0.3 is 0 Å². The Morgan fingerprint density at radius 2 is 2.31 bits per heavy atom. The topological polar surface area (TPSA) is 29.5 Å². The van der Waals surface area contributed by atoms with Crippen molar-refractivity contribution in [3.63, 3.8) is 0 Å². The summed E-state index contributed by atoms with van der Waals surface area (Å²) in [4.78, 5) is 0. The van der Waals surface area contributed by atoms with Gasteiger partial charge in [0.1, 0.15) is 5.76 Å². The zero-order chi connectivity index (χ0) is 9.90. The van der Waals surface area contributed by atoms with Gasteiger partial charge in [0.15, 0.2) is 0 Å². The molecule has 1 aliphatic carbocycles. The van der Waals surface area contributed by atoms with Gasteiger partial charge in [0.05, 0.1) is 7.11 Å². The summed E-state index contributed by atoms with van der Waals surface area (Å²) in [5.74, 6) is 0.968. The number of hydrogen-bond donors (Lipinski definition) is 1. The van der Waals surface area contributed by atoms with Crippen molar-refractivity contribution in [1.29, 1.82) is 0 Å². The summed E-state index contributed by atoms with van der Waals surface area (Å²) in [5.41, 5.74) is 1.38. The van der Waals surface area contributed by atoms with Crippen molar-refractivity contribution < 1.29 is 9.84 Å². The average Bonchev–Trinajstić information content (AvgIpc) is 2.04. The quantitative estimate of drug-likeness (QED) is 0.725. The van der Waals surface area contributed by atoms with E-state index in [9.17, 15) is 0 Å². The molecule has 1 N–H and O–H groups in total. The van der Waals surface area contributed by atoms with Crippen LogP contribution in [0.2, 0.25) is 0 Å². The Labute approximate surface area is 79.9 Å². The second-order valence-corrected chi connectivity index (χ2v) is 3.99. The Hall–Kier alpha value is -0.760. The molecule has 74 valence electrons. The number of aliphatic hydroxyl groups is 1. The number of hydrogen-bond acceptors (Lipinski definition) is 2. The van der Waals surface area contributed by atoms with Crippen molar-refractivity contribution in [2.24, 2.45) is 5.41 Å². The standard InChI is InChI=1S/C11H18O2/c1-9-8-11(2,6-7-12)5-4-10(9)13-3/h4-5,12H,6-8H2,1-3H3. The summed E-state index contributed by atoms with van der Waals surface area (Å²) in [6, 6.07) is 0. The van der Waals surface area contributed by atoms with E-state index < -0.39 is 0 Å². The number of rotatable bonds is 3. The fraction of sp³-hybridized carbons (Fsp3) is 0.636. The van der Waals surface area contributed by atoms with Crippen LogP contribution in [-0.4, -0.2) is 18.8 Å². The Bertz CT molecular complexity index is 240. The van der Waals surface area contributed by atoms with E-state index in [0.717, 1.165) is 18.6 Å². The van der Waals surface area contributed by atoms with Crippen molar-refractivity contribution in [3.05, 3.63) is 23.5 Å². The van der Waals surface area contributed by atoms with E-state index in [4.69, 9.17) is 9.84 Å². The van der Waals surface area contributed by atoms with Crippen LogP contribution in [0, 0.1) is 5.41 Å². The molecule has 0 fully saturated rings. The molecule has 1 aliphatic rings. The molecule has 13 heavy (non-hydrogen) atoms. The van der Waals surface area contributed by atoms with Crippen LogP contribution in [0.25, 0.3) is 0 Å². The van der Waals surface area contributed by atoms with Crippen LogP contribution < -0.4 is 0 Å². The first kappa shape index (κ1) is 10.3. The highest BCUT2D eigenvalue weighted by Gasteiger charge is 2.25. The third kappa shape index (κ3) is 2.34. The first-order valence-corrected chi connectivity index (χ1v) is 4.65. The molecule has 0 saturated carbocycles. The van der Waals surface area contributed by atoms with Gasteiger partial charge in [-0.2, -0.15) is 0 Å². The van der Waals surface area contributed by atoms with E-state index in [0.29, 0.717) is 0 Å². The van der Waals surface area contributed by atoms with Crippen LogP contribution >= 0.6 is 0 Å². The molecule has 0 aromatic rings. The molecule has 2 heteroatoms. The smallest absolute Gasteiger partial charge is 0.117 e. The third-order valence-corrected chi connectivity index (χ3v) is 2.63. The fourth-order valence-corrected chi connectivity index (χ4v) is 1.84. The zero-order valence-electron chi connectivity index (χ0n) is 8.63. The lowest BCUT2D eigenvalue weighted by Crippen LogP contribution is -2.19. The summed E-state index contributed by atoms with van der Waals surface area (Å²) >= 11 is 0. The molecular formula is C11H18O2. The van der Waals surface area contributed by atoms with Crippen LogP contribution in [-0.2, 0) is 4.74 Å². The van der Waals surface area contributed by atoms with Gasteiger partial charge in [0.2, 0.25) is 0 Å². The fourth-order valence-electron chi connectivity index (χ4n) is 1.84. The van der Waals surface area contributed by atoms with Gasteiger partial charge < -0.3 is 9.84 Å². The van der Waals surface area contributed by atoms with Gasteiger partial charge in [-0.3, -0.25) is 0 Å². The van der Waals surface area contributed by atoms with E-state index in [2.05, 4.69) is 19.9 Å². The SMILES string of the molecule is COC1=C(C)CC(C)(CCO)C=C1. The summed E-state index contributed by atoms with van der Waals surface area (Å²) in [6.45, 7) is 4.49. The lowest BCUT2D eigenvalue weighted by molar-refractivity contribution is 0.221. The first-order valence-electron chi connectivity index (χ1n) is 4.65. The van der Waals surface area contributed by atoms with Gasteiger partial charge in [-0.15, -0.1) is 0 Å². The normalized spacial score (nSPS) is 28.0. The lowest BCUT2D eigenvalue weighted by Gasteiger charge is -2.29. The minimum Gasteiger partial charge on any atom is -0.497 e. The second kappa shape index (κ2) is 3.97. The van der Waals surface area contributed by atoms with Crippen LogP contribution in [0.15, 0.2) is 23.5 Å². The maximum Gasteiger partial charge on any atom is 0.117 e. The molecule has 0 bridgehead atoms. The summed E-state index contributed by atoms with van der Waals surface area (Å²) in [6.07, 6.45) is 5.94. The molecule has 0 radical (unpaired) electrons. The highest BCUT2D eigenvalue weighted by atomic mass is 16.5. The second-order valence-electron chi connectivity index (χ2n) is 3.99. The first-order chi connectivity index (χ1) is 6.11. The van der Waals surface area contributed by atoms with E-state index in [-0.39, 0.29) is 12.0 Å². The van der Waals surface area contributed by atoms with Crippen LogP contribution in [0.5, 0.6) is 0 Å². The van der Waals surface area contributed by atoms with Crippen LogP contribution in [0.3, 0.4) is 0 Å². The van der Waals surface area contributed by atoms with Crippen molar-refractivity contribution in [2.45, 2.75) is 26.7 Å². The predicted octanol–water partition coefficient (Wildman–Crippen LogP) is 2.26. The van der Waals surface area contributed by atoms with Gasteiger partial charge in [-0.25, -0.2) is 0 Å². The minimum absolute atomic E-state index is 0.112.